The fourth-order valence-electron chi connectivity index (χ4n) is 3.46. The average Bonchev–Trinajstić information content (AvgIpc) is 3.00. The van der Waals surface area contributed by atoms with Crippen LogP contribution < -0.4 is 5.32 Å². The molecule has 2 fully saturated rings. The van der Waals surface area contributed by atoms with Crippen molar-refractivity contribution in [1.82, 2.24) is 35.3 Å². The molecule has 0 saturated carbocycles. The van der Waals surface area contributed by atoms with Gasteiger partial charge in [0, 0.05) is 19.1 Å². The third kappa shape index (κ3) is 3.45. The highest BCUT2D eigenvalue weighted by atomic mass is 19.4. The largest absolute Gasteiger partial charge is 0.408 e. The Kier molecular flexibility index (Phi) is 4.37. The van der Waals surface area contributed by atoms with Crippen molar-refractivity contribution in [3.63, 3.8) is 0 Å². The lowest BCUT2D eigenvalue weighted by molar-refractivity contribution is -0.143. The highest BCUT2D eigenvalue weighted by molar-refractivity contribution is 5.78. The third-order valence-corrected chi connectivity index (χ3v) is 4.42. The van der Waals surface area contributed by atoms with Crippen LogP contribution in [0.25, 0.3) is 0 Å². The van der Waals surface area contributed by atoms with E-state index < -0.39 is 12.7 Å². The molecule has 0 radical (unpaired) electrons. The van der Waals surface area contributed by atoms with Crippen LogP contribution >= 0.6 is 0 Å². The Morgan fingerprint density at radius 2 is 2.12 bits per heavy atom. The van der Waals surface area contributed by atoms with Crippen molar-refractivity contribution in [2.45, 2.75) is 57.7 Å². The number of aromatic nitrogens is 4. The Bertz CT molecular complexity index is 603. The zero-order valence-electron chi connectivity index (χ0n) is 13.5. The Labute approximate surface area is 137 Å². The normalized spacial score (nSPS) is 25.2. The second-order valence-corrected chi connectivity index (χ2v) is 6.52. The number of hydrogen-bond donors (Lipinski definition) is 1. The maximum Gasteiger partial charge on any atom is 0.408 e. The van der Waals surface area contributed by atoms with Gasteiger partial charge in [-0.2, -0.15) is 13.2 Å². The zero-order chi connectivity index (χ0) is 17.5. The molecule has 0 spiro atoms. The molecule has 1 aromatic rings. The van der Waals surface area contributed by atoms with Gasteiger partial charge in [-0.1, -0.05) is 0 Å². The van der Waals surface area contributed by atoms with Crippen molar-refractivity contribution in [2.75, 3.05) is 13.1 Å². The van der Waals surface area contributed by atoms with Gasteiger partial charge in [-0.15, -0.1) is 5.10 Å². The van der Waals surface area contributed by atoms with E-state index in [1.165, 1.54) is 0 Å². The van der Waals surface area contributed by atoms with E-state index in [1.54, 1.807) is 0 Å². The number of likely N-dealkylation sites (tertiary alicyclic amines) is 1. The number of halogens is 3. The van der Waals surface area contributed by atoms with Crippen LogP contribution in [0, 0.1) is 0 Å². The molecule has 2 saturated heterocycles. The molecular weight excluding hydrogens is 327 g/mol. The minimum atomic E-state index is -4.37. The fraction of sp³-hybridized carbons (Fsp3) is 0.846. The van der Waals surface area contributed by atoms with Gasteiger partial charge in [0.1, 0.15) is 6.54 Å². The van der Waals surface area contributed by atoms with Crippen LogP contribution in [0.5, 0.6) is 0 Å². The molecule has 8 nitrogen and oxygen atoms in total. The van der Waals surface area contributed by atoms with Crippen molar-refractivity contribution in [1.29, 1.82) is 0 Å². The number of tetrazole rings is 1. The molecule has 2 atom stereocenters. The molecule has 0 unspecified atom stereocenters. The number of rotatable bonds is 4. The SMILES string of the molecule is CC(C)N1C(=O)N[C@@H]2CN(Cc3nnnn3CC(F)(F)F)CC[C@@H]21. The summed E-state index contributed by atoms with van der Waals surface area (Å²) in [4.78, 5) is 15.9. The molecule has 11 heteroatoms. The molecule has 1 aromatic heterocycles. The van der Waals surface area contributed by atoms with Crippen molar-refractivity contribution in [2.24, 2.45) is 0 Å². The van der Waals surface area contributed by atoms with Gasteiger partial charge in [0.15, 0.2) is 5.82 Å². The average molecular weight is 347 g/mol. The first kappa shape index (κ1) is 16.9. The highest BCUT2D eigenvalue weighted by Gasteiger charge is 2.43. The van der Waals surface area contributed by atoms with Gasteiger partial charge in [0.05, 0.1) is 18.6 Å². The standard InChI is InChI=1S/C13H20F3N7O/c1-8(2)23-10-3-4-21(5-9(10)17-12(23)24)6-11-18-19-20-22(11)7-13(14,15)16/h8-10H,3-7H2,1-2H3,(H,17,24)/t9-,10+/m1/s1. The number of nitrogens with zero attached hydrogens (tertiary/aromatic N) is 6. The maximum absolute atomic E-state index is 12.5. The summed E-state index contributed by atoms with van der Waals surface area (Å²) in [6.45, 7) is 4.22. The Balaban J connectivity index is 1.64. The smallest absolute Gasteiger partial charge is 0.332 e. The Hall–Kier alpha value is -1.91. The lowest BCUT2D eigenvalue weighted by Gasteiger charge is -2.37. The number of hydrogen-bond acceptors (Lipinski definition) is 5. The molecule has 0 bridgehead atoms. The molecule has 134 valence electrons. The minimum absolute atomic E-state index is 0.0272. The Morgan fingerprint density at radius 1 is 1.38 bits per heavy atom. The van der Waals surface area contributed by atoms with E-state index >= 15 is 0 Å². The summed E-state index contributed by atoms with van der Waals surface area (Å²) in [7, 11) is 0. The number of fused-ring (bicyclic) bond motifs is 1. The van der Waals surface area contributed by atoms with Gasteiger partial charge < -0.3 is 10.2 Å². The molecule has 3 rings (SSSR count). The summed E-state index contributed by atoms with van der Waals surface area (Å²) >= 11 is 0. The van der Waals surface area contributed by atoms with E-state index in [2.05, 4.69) is 20.8 Å². The van der Waals surface area contributed by atoms with Crippen molar-refractivity contribution < 1.29 is 18.0 Å². The second kappa shape index (κ2) is 6.19. The quantitative estimate of drug-likeness (QED) is 0.863. The first-order valence-electron chi connectivity index (χ1n) is 7.87. The van der Waals surface area contributed by atoms with Crippen molar-refractivity contribution in [3.8, 4) is 0 Å². The number of piperidine rings is 1. The van der Waals surface area contributed by atoms with Crippen molar-refractivity contribution >= 4 is 6.03 Å². The van der Waals surface area contributed by atoms with Gasteiger partial charge in [-0.3, -0.25) is 4.90 Å². The van der Waals surface area contributed by atoms with E-state index in [0.29, 0.717) is 13.1 Å². The molecule has 2 aliphatic rings. The predicted molar refractivity (Wildman–Crippen MR) is 76.8 cm³/mol. The number of carbonyl (C=O) groups is 1. The summed E-state index contributed by atoms with van der Waals surface area (Å²) in [5.41, 5.74) is 0. The van der Waals surface area contributed by atoms with E-state index in [4.69, 9.17) is 0 Å². The van der Waals surface area contributed by atoms with Gasteiger partial charge in [-0.25, -0.2) is 9.48 Å². The number of nitrogens with one attached hydrogen (secondary N) is 1. The lowest BCUT2D eigenvalue weighted by atomic mass is 9.99. The van der Waals surface area contributed by atoms with Crippen molar-refractivity contribution in [3.05, 3.63) is 5.82 Å². The number of urea groups is 1. The number of amides is 2. The van der Waals surface area contributed by atoms with Gasteiger partial charge >= 0.3 is 12.2 Å². The van der Waals surface area contributed by atoms with E-state index in [1.807, 2.05) is 23.6 Å². The molecule has 0 aliphatic carbocycles. The first-order chi connectivity index (χ1) is 11.2. The minimum Gasteiger partial charge on any atom is -0.332 e. The van der Waals surface area contributed by atoms with Crippen LogP contribution in [0.1, 0.15) is 26.1 Å². The van der Waals surface area contributed by atoms with E-state index in [9.17, 15) is 18.0 Å². The summed E-state index contributed by atoms with van der Waals surface area (Å²) in [5, 5.41) is 13.4. The van der Waals surface area contributed by atoms with Gasteiger partial charge in [0.2, 0.25) is 0 Å². The summed E-state index contributed by atoms with van der Waals surface area (Å²) in [6.07, 6.45) is -3.60. The highest BCUT2D eigenvalue weighted by Crippen LogP contribution is 2.25. The summed E-state index contributed by atoms with van der Waals surface area (Å²) in [6, 6.07) is 0.134. The number of carbonyl (C=O) groups excluding carboxylic acids is 1. The van der Waals surface area contributed by atoms with Crippen LogP contribution in [0.4, 0.5) is 18.0 Å². The molecule has 2 amide bonds. The second-order valence-electron chi connectivity index (χ2n) is 6.52. The van der Waals surface area contributed by atoms with Gasteiger partial charge in [0.25, 0.3) is 0 Å². The summed E-state index contributed by atoms with van der Waals surface area (Å²) in [5.74, 6) is 0.177. The zero-order valence-corrected chi connectivity index (χ0v) is 13.5. The van der Waals surface area contributed by atoms with Crippen LogP contribution in [0.15, 0.2) is 0 Å². The Morgan fingerprint density at radius 3 is 2.79 bits per heavy atom. The van der Waals surface area contributed by atoms with Gasteiger partial charge in [-0.05, 0) is 30.7 Å². The van der Waals surface area contributed by atoms with Crippen LogP contribution in [-0.2, 0) is 13.1 Å². The monoisotopic (exact) mass is 347 g/mol. The topological polar surface area (TPSA) is 79.2 Å². The molecule has 0 aromatic carbocycles. The van der Waals surface area contributed by atoms with E-state index in [-0.39, 0.29) is 36.5 Å². The van der Waals surface area contributed by atoms with Crippen LogP contribution in [0.2, 0.25) is 0 Å². The molecule has 2 aliphatic heterocycles. The molecule has 1 N–H and O–H groups in total. The van der Waals surface area contributed by atoms with Crippen LogP contribution in [-0.4, -0.2) is 73.4 Å². The lowest BCUT2D eigenvalue weighted by Crippen LogP contribution is -2.52. The third-order valence-electron chi connectivity index (χ3n) is 4.42. The fourth-order valence-corrected chi connectivity index (χ4v) is 3.46. The van der Waals surface area contributed by atoms with E-state index in [0.717, 1.165) is 11.1 Å². The first-order valence-corrected chi connectivity index (χ1v) is 7.87. The molecule has 24 heavy (non-hydrogen) atoms. The molecular formula is C13H20F3N7O. The molecule has 3 heterocycles. The maximum atomic E-state index is 12.5. The predicted octanol–water partition coefficient (Wildman–Crippen LogP) is 0.612. The number of alkyl halides is 3. The summed E-state index contributed by atoms with van der Waals surface area (Å²) < 4.78 is 38.4. The van der Waals surface area contributed by atoms with Crippen LogP contribution in [0.3, 0.4) is 0 Å².